The minimum atomic E-state index is -0.360. The van der Waals surface area contributed by atoms with Crippen molar-refractivity contribution in [2.75, 3.05) is 6.61 Å². The van der Waals surface area contributed by atoms with Crippen LogP contribution in [0.2, 0.25) is 0 Å². The molecule has 0 saturated heterocycles. The highest BCUT2D eigenvalue weighted by molar-refractivity contribution is 5.73. The number of benzene rings is 1. The molecular formula is C10H11NO3. The first-order chi connectivity index (χ1) is 6.72. The lowest BCUT2D eigenvalue weighted by Gasteiger charge is -1.97. The van der Waals surface area contributed by atoms with E-state index in [2.05, 4.69) is 0 Å². The summed E-state index contributed by atoms with van der Waals surface area (Å²) in [5.41, 5.74) is 2.31. The van der Waals surface area contributed by atoms with Gasteiger partial charge in [0.05, 0.1) is 5.52 Å². The Kier molecular flexibility index (Phi) is 2.13. The second-order valence-electron chi connectivity index (χ2n) is 3.20. The summed E-state index contributed by atoms with van der Waals surface area (Å²) < 4.78 is 6.47. The largest absolute Gasteiger partial charge is 0.419 e. The van der Waals surface area contributed by atoms with E-state index < -0.39 is 0 Å². The van der Waals surface area contributed by atoms with Crippen molar-refractivity contribution < 1.29 is 9.52 Å². The maximum absolute atomic E-state index is 11.2. The average Bonchev–Trinajstić information content (AvgIpc) is 2.43. The van der Waals surface area contributed by atoms with Crippen molar-refractivity contribution in [3.8, 4) is 0 Å². The van der Waals surface area contributed by atoms with Gasteiger partial charge in [0, 0.05) is 13.7 Å². The molecule has 2 rings (SSSR count). The second kappa shape index (κ2) is 3.31. The summed E-state index contributed by atoms with van der Waals surface area (Å²) >= 11 is 0. The van der Waals surface area contributed by atoms with Crippen molar-refractivity contribution in [2.45, 2.75) is 6.42 Å². The van der Waals surface area contributed by atoms with Crippen molar-refractivity contribution in [1.82, 2.24) is 4.57 Å². The van der Waals surface area contributed by atoms with Gasteiger partial charge in [0.15, 0.2) is 5.58 Å². The van der Waals surface area contributed by atoms with Gasteiger partial charge in [-0.25, -0.2) is 4.79 Å². The Labute approximate surface area is 80.4 Å². The quantitative estimate of drug-likeness (QED) is 0.762. The van der Waals surface area contributed by atoms with Crippen molar-refractivity contribution >= 4 is 11.1 Å². The van der Waals surface area contributed by atoms with Crippen molar-refractivity contribution in [3.63, 3.8) is 0 Å². The number of hydrogen-bond acceptors (Lipinski definition) is 3. The van der Waals surface area contributed by atoms with Crippen molar-refractivity contribution in [1.29, 1.82) is 0 Å². The van der Waals surface area contributed by atoms with Crippen LogP contribution < -0.4 is 5.76 Å². The third-order valence-electron chi connectivity index (χ3n) is 2.26. The molecule has 0 atom stereocenters. The number of rotatable bonds is 2. The minimum absolute atomic E-state index is 0.0998. The van der Waals surface area contributed by atoms with Crippen LogP contribution >= 0.6 is 0 Å². The molecule has 74 valence electrons. The first kappa shape index (κ1) is 9.02. The Bertz CT molecular complexity index is 510. The topological polar surface area (TPSA) is 55.4 Å². The summed E-state index contributed by atoms with van der Waals surface area (Å²) in [7, 11) is 1.67. The van der Waals surface area contributed by atoms with Gasteiger partial charge in [0.2, 0.25) is 0 Å². The molecule has 1 N–H and O–H groups in total. The summed E-state index contributed by atoms with van der Waals surface area (Å²) in [5, 5.41) is 8.75. The Morgan fingerprint density at radius 2 is 2.29 bits per heavy atom. The molecule has 2 aromatic rings. The summed E-state index contributed by atoms with van der Waals surface area (Å²) in [5.74, 6) is -0.360. The summed E-state index contributed by atoms with van der Waals surface area (Å²) in [6.07, 6.45) is 0.578. The number of fused-ring (bicyclic) bond motifs is 1. The molecule has 0 amide bonds. The van der Waals surface area contributed by atoms with E-state index in [1.165, 1.54) is 4.57 Å². The molecular weight excluding hydrogens is 182 g/mol. The van der Waals surface area contributed by atoms with Crippen LogP contribution in [0.5, 0.6) is 0 Å². The van der Waals surface area contributed by atoms with E-state index in [-0.39, 0.29) is 12.4 Å². The highest BCUT2D eigenvalue weighted by Crippen LogP contribution is 2.14. The van der Waals surface area contributed by atoms with Gasteiger partial charge >= 0.3 is 5.76 Å². The van der Waals surface area contributed by atoms with Crippen LogP contribution in [0.1, 0.15) is 5.56 Å². The summed E-state index contributed by atoms with van der Waals surface area (Å²) in [6, 6.07) is 5.49. The number of aryl methyl sites for hydroxylation is 1. The van der Waals surface area contributed by atoms with E-state index in [1.54, 1.807) is 13.1 Å². The number of aliphatic hydroxyl groups is 1. The minimum Gasteiger partial charge on any atom is -0.408 e. The zero-order valence-corrected chi connectivity index (χ0v) is 7.86. The highest BCUT2D eigenvalue weighted by atomic mass is 16.4. The first-order valence-electron chi connectivity index (χ1n) is 4.41. The highest BCUT2D eigenvalue weighted by Gasteiger charge is 2.05. The van der Waals surface area contributed by atoms with Gasteiger partial charge in [-0.05, 0) is 24.1 Å². The Morgan fingerprint density at radius 1 is 1.50 bits per heavy atom. The molecule has 0 fully saturated rings. The molecule has 0 radical (unpaired) electrons. The third-order valence-corrected chi connectivity index (χ3v) is 2.26. The lowest BCUT2D eigenvalue weighted by atomic mass is 10.1. The Morgan fingerprint density at radius 3 is 3.00 bits per heavy atom. The van der Waals surface area contributed by atoms with Crippen LogP contribution in [0.3, 0.4) is 0 Å². The van der Waals surface area contributed by atoms with Crippen LogP contribution in [0, 0.1) is 0 Å². The lowest BCUT2D eigenvalue weighted by Crippen LogP contribution is -2.08. The molecule has 1 aromatic heterocycles. The van der Waals surface area contributed by atoms with E-state index in [0.717, 1.165) is 11.1 Å². The average molecular weight is 193 g/mol. The molecule has 0 aliphatic carbocycles. The maximum Gasteiger partial charge on any atom is 0.419 e. The number of hydrogen-bond donors (Lipinski definition) is 1. The van der Waals surface area contributed by atoms with E-state index in [9.17, 15) is 4.79 Å². The van der Waals surface area contributed by atoms with Crippen molar-refractivity contribution in [3.05, 3.63) is 34.3 Å². The van der Waals surface area contributed by atoms with Gasteiger partial charge in [-0.2, -0.15) is 0 Å². The van der Waals surface area contributed by atoms with Crippen LogP contribution in [-0.2, 0) is 13.5 Å². The van der Waals surface area contributed by atoms with Gasteiger partial charge in [-0.15, -0.1) is 0 Å². The van der Waals surface area contributed by atoms with Gasteiger partial charge < -0.3 is 9.52 Å². The smallest absolute Gasteiger partial charge is 0.408 e. The standard InChI is InChI=1S/C10H11NO3/c1-11-8-3-2-7(4-5-12)6-9(8)14-10(11)13/h2-3,6,12H,4-5H2,1H3. The maximum atomic E-state index is 11.2. The molecule has 14 heavy (non-hydrogen) atoms. The Balaban J connectivity index is 2.61. The van der Waals surface area contributed by atoms with Crippen LogP contribution in [0.15, 0.2) is 27.4 Å². The summed E-state index contributed by atoms with van der Waals surface area (Å²) in [6.45, 7) is 0.0998. The molecule has 4 nitrogen and oxygen atoms in total. The molecule has 0 bridgehead atoms. The fourth-order valence-corrected chi connectivity index (χ4v) is 1.46. The normalized spacial score (nSPS) is 11.0. The Hall–Kier alpha value is -1.55. The predicted octanol–water partition coefficient (Wildman–Crippen LogP) is 0.666. The predicted molar refractivity (Wildman–Crippen MR) is 52.2 cm³/mol. The van der Waals surface area contributed by atoms with Crippen LogP contribution in [0.4, 0.5) is 0 Å². The molecule has 0 aliphatic rings. The number of nitrogens with zero attached hydrogens (tertiary/aromatic N) is 1. The van der Waals surface area contributed by atoms with Gasteiger partial charge in [-0.3, -0.25) is 4.57 Å². The second-order valence-corrected chi connectivity index (χ2v) is 3.20. The zero-order valence-electron chi connectivity index (χ0n) is 7.86. The van der Waals surface area contributed by atoms with E-state index in [0.29, 0.717) is 12.0 Å². The fraction of sp³-hybridized carbons (Fsp3) is 0.300. The number of aromatic nitrogens is 1. The van der Waals surface area contributed by atoms with Crippen LogP contribution in [0.25, 0.3) is 11.1 Å². The fourth-order valence-electron chi connectivity index (χ4n) is 1.46. The molecule has 0 aliphatic heterocycles. The monoisotopic (exact) mass is 193 g/mol. The van der Waals surface area contributed by atoms with Gasteiger partial charge in [0.1, 0.15) is 0 Å². The van der Waals surface area contributed by atoms with E-state index in [4.69, 9.17) is 9.52 Å². The van der Waals surface area contributed by atoms with Gasteiger partial charge in [-0.1, -0.05) is 6.07 Å². The third kappa shape index (κ3) is 1.33. The molecule has 0 saturated carbocycles. The van der Waals surface area contributed by atoms with Gasteiger partial charge in [0.25, 0.3) is 0 Å². The van der Waals surface area contributed by atoms with Crippen LogP contribution in [-0.4, -0.2) is 16.3 Å². The van der Waals surface area contributed by atoms with E-state index >= 15 is 0 Å². The zero-order chi connectivity index (χ0) is 10.1. The molecule has 0 spiro atoms. The molecule has 4 heteroatoms. The summed E-state index contributed by atoms with van der Waals surface area (Å²) in [4.78, 5) is 11.2. The lowest BCUT2D eigenvalue weighted by molar-refractivity contribution is 0.299. The van der Waals surface area contributed by atoms with Crippen molar-refractivity contribution in [2.24, 2.45) is 7.05 Å². The SMILES string of the molecule is Cn1c(=O)oc2cc(CCO)ccc21. The molecule has 0 unspecified atom stereocenters. The molecule has 1 aromatic carbocycles. The number of oxazole rings is 1. The molecule has 1 heterocycles. The first-order valence-corrected chi connectivity index (χ1v) is 4.41. The van der Waals surface area contributed by atoms with E-state index in [1.807, 2.05) is 12.1 Å². The number of aliphatic hydroxyl groups excluding tert-OH is 1.